The monoisotopic (exact) mass is 260 g/mol. The van der Waals surface area contributed by atoms with Gasteiger partial charge in [0.15, 0.2) is 0 Å². The van der Waals surface area contributed by atoms with E-state index >= 15 is 0 Å². The second kappa shape index (κ2) is 5.67. The van der Waals surface area contributed by atoms with E-state index in [1.54, 1.807) is 4.31 Å². The quantitative estimate of drug-likeness (QED) is 0.784. The van der Waals surface area contributed by atoms with E-state index in [4.69, 9.17) is 0 Å². The van der Waals surface area contributed by atoms with Gasteiger partial charge in [-0.2, -0.15) is 4.31 Å². The van der Waals surface area contributed by atoms with Crippen molar-refractivity contribution in [3.05, 3.63) is 0 Å². The van der Waals surface area contributed by atoms with E-state index in [0.717, 1.165) is 51.6 Å². The highest BCUT2D eigenvalue weighted by molar-refractivity contribution is 7.89. The van der Waals surface area contributed by atoms with Crippen LogP contribution in [0.5, 0.6) is 0 Å². The highest BCUT2D eigenvalue weighted by Crippen LogP contribution is 2.32. The van der Waals surface area contributed by atoms with Gasteiger partial charge >= 0.3 is 0 Å². The molecule has 4 nitrogen and oxygen atoms in total. The summed E-state index contributed by atoms with van der Waals surface area (Å²) in [6.45, 7) is 4.43. The summed E-state index contributed by atoms with van der Waals surface area (Å²) in [6, 6.07) is 0.313. The van der Waals surface area contributed by atoms with Gasteiger partial charge in [0.25, 0.3) is 0 Å². The lowest BCUT2D eigenvalue weighted by Crippen LogP contribution is -2.47. The van der Waals surface area contributed by atoms with Gasteiger partial charge in [0.05, 0.1) is 5.25 Å². The van der Waals surface area contributed by atoms with Crippen molar-refractivity contribution >= 4 is 10.0 Å². The van der Waals surface area contributed by atoms with Crippen LogP contribution in [0.15, 0.2) is 0 Å². The van der Waals surface area contributed by atoms with Crippen LogP contribution in [0.1, 0.15) is 45.4 Å². The third-order valence-corrected chi connectivity index (χ3v) is 6.07. The third kappa shape index (κ3) is 3.20. The van der Waals surface area contributed by atoms with Gasteiger partial charge < -0.3 is 5.32 Å². The zero-order valence-electron chi connectivity index (χ0n) is 10.7. The predicted octanol–water partition coefficient (Wildman–Crippen LogP) is 1.33. The number of nitrogens with zero attached hydrogens (tertiary/aromatic N) is 1. The minimum atomic E-state index is -3.06. The second-order valence-corrected chi connectivity index (χ2v) is 7.37. The molecular formula is C12H24N2O2S. The topological polar surface area (TPSA) is 49.4 Å². The van der Waals surface area contributed by atoms with Crippen molar-refractivity contribution in [1.29, 1.82) is 0 Å². The lowest BCUT2D eigenvalue weighted by molar-refractivity contribution is 0.378. The van der Waals surface area contributed by atoms with Crippen molar-refractivity contribution in [2.75, 3.05) is 19.6 Å². The molecule has 1 saturated carbocycles. The van der Waals surface area contributed by atoms with Gasteiger partial charge in [0.1, 0.15) is 0 Å². The van der Waals surface area contributed by atoms with E-state index in [2.05, 4.69) is 12.2 Å². The Kier molecular flexibility index (Phi) is 4.44. The van der Waals surface area contributed by atoms with Crippen LogP contribution in [0.4, 0.5) is 0 Å². The molecule has 1 saturated heterocycles. The van der Waals surface area contributed by atoms with Crippen LogP contribution in [-0.4, -0.2) is 43.6 Å². The minimum Gasteiger partial charge on any atom is -0.315 e. The number of hydrogen-bond donors (Lipinski definition) is 1. The molecule has 2 rings (SSSR count). The summed E-state index contributed by atoms with van der Waals surface area (Å²) in [6.07, 6.45) is 5.96. The Bertz CT molecular complexity index is 332. The molecule has 100 valence electrons. The van der Waals surface area contributed by atoms with Gasteiger partial charge in [-0.15, -0.1) is 0 Å². The SMILES string of the molecule is CCCCN(C1CC1)S(=O)(=O)C1CCCNC1. The Labute approximate surface area is 105 Å². The molecule has 0 aromatic rings. The van der Waals surface area contributed by atoms with Crippen LogP contribution in [0.25, 0.3) is 0 Å². The molecule has 2 aliphatic rings. The minimum absolute atomic E-state index is 0.186. The smallest absolute Gasteiger partial charge is 0.218 e. The molecule has 0 aromatic carbocycles. The number of piperidine rings is 1. The lowest BCUT2D eigenvalue weighted by Gasteiger charge is -2.30. The molecule has 2 fully saturated rings. The van der Waals surface area contributed by atoms with Crippen molar-refractivity contribution in [2.24, 2.45) is 0 Å². The van der Waals surface area contributed by atoms with Crippen molar-refractivity contribution < 1.29 is 8.42 Å². The fraction of sp³-hybridized carbons (Fsp3) is 1.00. The summed E-state index contributed by atoms with van der Waals surface area (Å²) >= 11 is 0. The highest BCUT2D eigenvalue weighted by Gasteiger charge is 2.40. The Morgan fingerprint density at radius 1 is 1.29 bits per heavy atom. The number of unbranched alkanes of at least 4 members (excludes halogenated alkanes) is 1. The molecule has 1 aliphatic heterocycles. The van der Waals surface area contributed by atoms with E-state index in [9.17, 15) is 8.42 Å². The molecular weight excluding hydrogens is 236 g/mol. The molecule has 1 atom stereocenters. The molecule has 1 N–H and O–H groups in total. The van der Waals surface area contributed by atoms with Gasteiger partial charge in [-0.25, -0.2) is 8.42 Å². The van der Waals surface area contributed by atoms with E-state index < -0.39 is 10.0 Å². The Morgan fingerprint density at radius 2 is 2.06 bits per heavy atom. The molecule has 1 aliphatic carbocycles. The number of sulfonamides is 1. The van der Waals surface area contributed by atoms with Crippen LogP contribution < -0.4 is 5.32 Å². The maximum atomic E-state index is 12.6. The normalized spacial score (nSPS) is 26.4. The van der Waals surface area contributed by atoms with Gasteiger partial charge in [-0.3, -0.25) is 0 Å². The number of rotatable bonds is 6. The van der Waals surface area contributed by atoms with Crippen LogP contribution in [-0.2, 0) is 10.0 Å². The summed E-state index contributed by atoms with van der Waals surface area (Å²) in [5.41, 5.74) is 0. The third-order valence-electron chi connectivity index (χ3n) is 3.69. The maximum absolute atomic E-state index is 12.6. The Balaban J connectivity index is 2.04. The first-order valence-corrected chi connectivity index (χ1v) is 8.38. The molecule has 5 heteroatoms. The van der Waals surface area contributed by atoms with E-state index in [0.29, 0.717) is 12.6 Å². The van der Waals surface area contributed by atoms with Gasteiger partial charge in [0, 0.05) is 19.1 Å². The summed E-state index contributed by atoms with van der Waals surface area (Å²) in [5, 5.41) is 3.02. The Morgan fingerprint density at radius 3 is 2.59 bits per heavy atom. The van der Waals surface area contributed by atoms with Crippen LogP contribution >= 0.6 is 0 Å². The van der Waals surface area contributed by atoms with Gasteiger partial charge in [-0.05, 0) is 38.6 Å². The molecule has 1 heterocycles. The number of nitrogens with one attached hydrogen (secondary N) is 1. The standard InChI is InChI=1S/C12H24N2O2S/c1-2-3-9-14(11-6-7-11)17(15,16)12-5-4-8-13-10-12/h11-13H,2-10H2,1H3. The zero-order valence-corrected chi connectivity index (χ0v) is 11.5. The molecule has 0 aromatic heterocycles. The summed E-state index contributed by atoms with van der Waals surface area (Å²) in [5.74, 6) is 0. The van der Waals surface area contributed by atoms with Crippen molar-refractivity contribution in [3.8, 4) is 0 Å². The molecule has 0 radical (unpaired) electrons. The first-order chi connectivity index (χ1) is 8.16. The van der Waals surface area contributed by atoms with Crippen molar-refractivity contribution in [3.63, 3.8) is 0 Å². The zero-order chi connectivity index (χ0) is 12.3. The molecule has 0 bridgehead atoms. The van der Waals surface area contributed by atoms with Crippen LogP contribution in [0.3, 0.4) is 0 Å². The first-order valence-electron chi connectivity index (χ1n) is 6.87. The number of hydrogen-bond acceptors (Lipinski definition) is 3. The fourth-order valence-electron chi connectivity index (χ4n) is 2.46. The second-order valence-electron chi connectivity index (χ2n) is 5.21. The fourth-order valence-corrected chi connectivity index (χ4v) is 4.65. The van der Waals surface area contributed by atoms with E-state index in [1.165, 1.54) is 0 Å². The van der Waals surface area contributed by atoms with Crippen molar-refractivity contribution in [1.82, 2.24) is 9.62 Å². The lowest BCUT2D eigenvalue weighted by atomic mass is 10.2. The summed E-state index contributed by atoms with van der Waals surface area (Å²) in [4.78, 5) is 0. The van der Waals surface area contributed by atoms with Gasteiger partial charge in [0.2, 0.25) is 10.0 Å². The van der Waals surface area contributed by atoms with E-state index in [1.807, 2.05) is 0 Å². The summed E-state index contributed by atoms with van der Waals surface area (Å²) in [7, 11) is -3.06. The molecule has 0 amide bonds. The average molecular weight is 260 g/mol. The van der Waals surface area contributed by atoms with Crippen LogP contribution in [0, 0.1) is 0 Å². The van der Waals surface area contributed by atoms with Crippen molar-refractivity contribution in [2.45, 2.75) is 56.7 Å². The molecule has 0 spiro atoms. The van der Waals surface area contributed by atoms with E-state index in [-0.39, 0.29) is 5.25 Å². The Hall–Kier alpha value is -0.130. The highest BCUT2D eigenvalue weighted by atomic mass is 32.2. The van der Waals surface area contributed by atoms with Crippen LogP contribution in [0.2, 0.25) is 0 Å². The predicted molar refractivity (Wildman–Crippen MR) is 69.4 cm³/mol. The first kappa shape index (κ1) is 13.3. The average Bonchev–Trinajstić information content (AvgIpc) is 3.15. The summed E-state index contributed by atoms with van der Waals surface area (Å²) < 4.78 is 26.9. The molecule has 1 unspecified atom stereocenters. The maximum Gasteiger partial charge on any atom is 0.218 e. The molecule has 17 heavy (non-hydrogen) atoms. The largest absolute Gasteiger partial charge is 0.315 e. The van der Waals surface area contributed by atoms with Gasteiger partial charge in [-0.1, -0.05) is 13.3 Å².